The summed E-state index contributed by atoms with van der Waals surface area (Å²) in [5.41, 5.74) is 8.97. The Kier molecular flexibility index (Phi) is 2.72. The maximum Gasteiger partial charge on any atom is 0.124 e. The summed E-state index contributed by atoms with van der Waals surface area (Å²) in [6.07, 6.45) is 4.87. The van der Waals surface area contributed by atoms with Gasteiger partial charge in [0.25, 0.3) is 0 Å². The maximum absolute atomic E-state index is 6.07. The second kappa shape index (κ2) is 3.79. The molecule has 0 bridgehead atoms. The van der Waals surface area contributed by atoms with Crippen LogP contribution in [0.2, 0.25) is 0 Å². The number of hydrogen-bond acceptors (Lipinski definition) is 2. The predicted octanol–water partition coefficient (Wildman–Crippen LogP) is 2.86. The minimum atomic E-state index is 0.380. The van der Waals surface area contributed by atoms with Gasteiger partial charge in [-0.3, -0.25) is 4.68 Å². The maximum atomic E-state index is 6.07. The number of hydrogen-bond donors (Lipinski definition) is 1. The first kappa shape index (κ1) is 11.5. The molecule has 0 amide bonds. The third-order valence-electron chi connectivity index (χ3n) is 4.17. The van der Waals surface area contributed by atoms with E-state index in [4.69, 9.17) is 5.73 Å². The molecular weight excluding hydrogens is 198 g/mol. The molecular formula is C13H23N3. The Morgan fingerprint density at radius 3 is 2.69 bits per heavy atom. The van der Waals surface area contributed by atoms with Gasteiger partial charge in [-0.25, -0.2) is 0 Å². The van der Waals surface area contributed by atoms with Crippen molar-refractivity contribution in [3.63, 3.8) is 0 Å². The summed E-state index contributed by atoms with van der Waals surface area (Å²) in [6, 6.07) is 0. The molecule has 1 aliphatic rings. The van der Waals surface area contributed by atoms with Crippen molar-refractivity contribution in [1.82, 2.24) is 9.78 Å². The molecule has 3 nitrogen and oxygen atoms in total. The van der Waals surface area contributed by atoms with Gasteiger partial charge in [-0.15, -0.1) is 0 Å². The molecule has 2 N–H and O–H groups in total. The summed E-state index contributed by atoms with van der Waals surface area (Å²) in [7, 11) is 1.94. The van der Waals surface area contributed by atoms with Gasteiger partial charge in [0.15, 0.2) is 0 Å². The number of aromatic nitrogens is 2. The van der Waals surface area contributed by atoms with Crippen molar-refractivity contribution in [3.05, 3.63) is 11.3 Å². The van der Waals surface area contributed by atoms with Gasteiger partial charge in [-0.1, -0.05) is 27.2 Å². The van der Waals surface area contributed by atoms with Gasteiger partial charge < -0.3 is 5.73 Å². The molecule has 0 radical (unpaired) electrons. The molecule has 1 fully saturated rings. The standard InChI is InChI=1S/C13H23N3/c1-5-9-11(15-16(4)12(9)14)10-7-6-8-13(10,2)3/h10H,5-8,14H2,1-4H3. The molecule has 1 saturated carbocycles. The molecule has 0 aromatic carbocycles. The van der Waals surface area contributed by atoms with Crippen LogP contribution in [0.3, 0.4) is 0 Å². The fraction of sp³-hybridized carbons (Fsp3) is 0.769. The van der Waals surface area contributed by atoms with Gasteiger partial charge >= 0.3 is 0 Å². The van der Waals surface area contributed by atoms with Crippen molar-refractivity contribution in [1.29, 1.82) is 0 Å². The van der Waals surface area contributed by atoms with E-state index in [1.807, 2.05) is 11.7 Å². The molecule has 90 valence electrons. The fourth-order valence-electron chi connectivity index (χ4n) is 3.08. The van der Waals surface area contributed by atoms with Crippen LogP contribution in [0.4, 0.5) is 5.82 Å². The van der Waals surface area contributed by atoms with Crippen LogP contribution < -0.4 is 5.73 Å². The molecule has 3 heteroatoms. The third kappa shape index (κ3) is 1.62. The molecule has 1 unspecified atom stereocenters. The average Bonchev–Trinajstić information content (AvgIpc) is 2.68. The molecule has 1 atom stereocenters. The first-order valence-electron chi connectivity index (χ1n) is 6.28. The molecule has 16 heavy (non-hydrogen) atoms. The lowest BCUT2D eigenvalue weighted by Crippen LogP contribution is -2.17. The Bertz CT molecular complexity index is 390. The number of rotatable bonds is 2. The van der Waals surface area contributed by atoms with Crippen molar-refractivity contribution in [2.45, 2.75) is 52.4 Å². The first-order chi connectivity index (χ1) is 7.47. The van der Waals surface area contributed by atoms with Gasteiger partial charge in [0.2, 0.25) is 0 Å². The number of nitrogens with two attached hydrogens (primary N) is 1. The summed E-state index contributed by atoms with van der Waals surface area (Å²) in [5, 5.41) is 4.65. The monoisotopic (exact) mass is 221 g/mol. The van der Waals surface area contributed by atoms with Crippen LogP contribution in [0, 0.1) is 5.41 Å². The van der Waals surface area contributed by atoms with Crippen molar-refractivity contribution in [2.24, 2.45) is 12.5 Å². The third-order valence-corrected chi connectivity index (χ3v) is 4.17. The van der Waals surface area contributed by atoms with E-state index in [-0.39, 0.29) is 0 Å². The molecule has 0 spiro atoms. The molecule has 0 aliphatic heterocycles. The van der Waals surface area contributed by atoms with E-state index in [0.717, 1.165) is 12.2 Å². The Morgan fingerprint density at radius 1 is 1.50 bits per heavy atom. The van der Waals surface area contributed by atoms with Crippen molar-refractivity contribution in [2.75, 3.05) is 5.73 Å². The van der Waals surface area contributed by atoms with Crippen LogP contribution in [0.1, 0.15) is 57.2 Å². The van der Waals surface area contributed by atoms with Crippen LogP contribution in [0.5, 0.6) is 0 Å². The molecule has 0 saturated heterocycles. The quantitative estimate of drug-likeness (QED) is 0.834. The number of nitrogens with zero attached hydrogens (tertiary/aromatic N) is 2. The van der Waals surface area contributed by atoms with E-state index in [1.165, 1.54) is 30.5 Å². The normalized spacial score (nSPS) is 23.9. The van der Waals surface area contributed by atoms with Gasteiger partial charge in [-0.05, 0) is 24.7 Å². The van der Waals surface area contributed by atoms with Crippen LogP contribution in [-0.4, -0.2) is 9.78 Å². The van der Waals surface area contributed by atoms with E-state index in [2.05, 4.69) is 25.9 Å². The molecule has 1 aromatic rings. The summed E-state index contributed by atoms with van der Waals surface area (Å²) in [5.74, 6) is 1.44. The highest BCUT2D eigenvalue weighted by Gasteiger charge is 2.38. The first-order valence-corrected chi connectivity index (χ1v) is 6.28. The lowest BCUT2D eigenvalue weighted by Gasteiger charge is -2.26. The van der Waals surface area contributed by atoms with E-state index < -0.39 is 0 Å². The van der Waals surface area contributed by atoms with Crippen molar-refractivity contribution in [3.8, 4) is 0 Å². The van der Waals surface area contributed by atoms with E-state index in [0.29, 0.717) is 11.3 Å². The highest BCUT2D eigenvalue weighted by molar-refractivity contribution is 5.45. The van der Waals surface area contributed by atoms with Gasteiger partial charge in [-0.2, -0.15) is 5.10 Å². The van der Waals surface area contributed by atoms with E-state index in [1.54, 1.807) is 0 Å². The van der Waals surface area contributed by atoms with Crippen LogP contribution in [0.25, 0.3) is 0 Å². The van der Waals surface area contributed by atoms with Crippen LogP contribution in [-0.2, 0) is 13.5 Å². The topological polar surface area (TPSA) is 43.8 Å². The van der Waals surface area contributed by atoms with Crippen LogP contribution in [0.15, 0.2) is 0 Å². The smallest absolute Gasteiger partial charge is 0.124 e. The van der Waals surface area contributed by atoms with E-state index in [9.17, 15) is 0 Å². The summed E-state index contributed by atoms with van der Waals surface area (Å²) in [6.45, 7) is 6.88. The van der Waals surface area contributed by atoms with Gasteiger partial charge in [0.05, 0.1) is 5.69 Å². The number of nitrogen functional groups attached to an aromatic ring is 1. The molecule has 2 rings (SSSR count). The number of anilines is 1. The zero-order chi connectivity index (χ0) is 11.9. The van der Waals surface area contributed by atoms with Crippen molar-refractivity contribution < 1.29 is 0 Å². The highest BCUT2D eigenvalue weighted by Crippen LogP contribution is 2.49. The van der Waals surface area contributed by atoms with E-state index >= 15 is 0 Å². The van der Waals surface area contributed by atoms with Gasteiger partial charge in [0.1, 0.15) is 5.82 Å². The fourth-order valence-corrected chi connectivity index (χ4v) is 3.08. The zero-order valence-corrected chi connectivity index (χ0v) is 10.9. The Labute approximate surface area is 98.0 Å². The zero-order valence-electron chi connectivity index (χ0n) is 10.9. The molecule has 1 aliphatic carbocycles. The Balaban J connectivity index is 2.44. The second-order valence-electron chi connectivity index (χ2n) is 5.66. The lowest BCUT2D eigenvalue weighted by molar-refractivity contribution is 0.325. The molecule has 1 heterocycles. The second-order valence-corrected chi connectivity index (χ2v) is 5.66. The Hall–Kier alpha value is -0.990. The summed E-state index contributed by atoms with van der Waals surface area (Å²) >= 11 is 0. The largest absolute Gasteiger partial charge is 0.384 e. The van der Waals surface area contributed by atoms with Crippen LogP contribution >= 0.6 is 0 Å². The predicted molar refractivity (Wildman–Crippen MR) is 67.4 cm³/mol. The minimum absolute atomic E-state index is 0.380. The summed E-state index contributed by atoms with van der Waals surface area (Å²) in [4.78, 5) is 0. The van der Waals surface area contributed by atoms with Gasteiger partial charge in [0, 0.05) is 18.5 Å². The number of aryl methyl sites for hydroxylation is 1. The van der Waals surface area contributed by atoms with Crippen molar-refractivity contribution >= 4 is 5.82 Å². The SMILES string of the molecule is CCc1c(C2CCCC2(C)C)nn(C)c1N. The Morgan fingerprint density at radius 2 is 2.19 bits per heavy atom. The molecule has 1 aromatic heterocycles. The minimum Gasteiger partial charge on any atom is -0.384 e. The average molecular weight is 221 g/mol. The summed E-state index contributed by atoms with van der Waals surface area (Å²) < 4.78 is 1.84. The lowest BCUT2D eigenvalue weighted by atomic mass is 9.79. The highest BCUT2D eigenvalue weighted by atomic mass is 15.3.